The summed E-state index contributed by atoms with van der Waals surface area (Å²) in [5.41, 5.74) is 0. The van der Waals surface area contributed by atoms with Crippen LogP contribution in [0.1, 0.15) is 19.8 Å². The van der Waals surface area contributed by atoms with Gasteiger partial charge in [0.15, 0.2) is 5.96 Å². The fraction of sp³-hybridized carbons (Fsp3) is 0.632. The Morgan fingerprint density at radius 3 is 2.60 bits per heavy atom. The number of hydrogen-bond donors (Lipinski definition) is 2. The van der Waals surface area contributed by atoms with Gasteiger partial charge in [-0.2, -0.15) is 0 Å². The van der Waals surface area contributed by atoms with Gasteiger partial charge in [0.05, 0.1) is 6.54 Å². The third-order valence-electron chi connectivity index (χ3n) is 3.90. The van der Waals surface area contributed by atoms with E-state index in [9.17, 15) is 0 Å². The Balaban J connectivity index is 2.26. The molecule has 1 aromatic rings. The summed E-state index contributed by atoms with van der Waals surface area (Å²) in [6, 6.07) is 9.92. The van der Waals surface area contributed by atoms with Gasteiger partial charge >= 0.3 is 0 Å². The number of para-hydroxylation sites is 1. The minimum atomic E-state index is 0.109. The molecule has 0 aliphatic heterocycles. The van der Waals surface area contributed by atoms with Crippen LogP contribution in [0.4, 0.5) is 0 Å². The normalized spacial score (nSPS) is 12.9. The number of ether oxygens (including phenoxy) is 2. The Kier molecular flexibility index (Phi) is 11.5. The Labute approximate surface area is 152 Å². The Bertz CT molecular complexity index is 468. The highest BCUT2D eigenvalue weighted by molar-refractivity contribution is 5.79. The van der Waals surface area contributed by atoms with Gasteiger partial charge in [-0.15, -0.1) is 0 Å². The molecule has 0 bridgehead atoms. The van der Waals surface area contributed by atoms with Crippen molar-refractivity contribution < 1.29 is 9.47 Å². The summed E-state index contributed by atoms with van der Waals surface area (Å²) >= 11 is 0. The van der Waals surface area contributed by atoms with Gasteiger partial charge in [-0.1, -0.05) is 25.1 Å². The Morgan fingerprint density at radius 2 is 1.96 bits per heavy atom. The van der Waals surface area contributed by atoms with Crippen LogP contribution < -0.4 is 15.4 Å². The molecule has 0 fully saturated rings. The van der Waals surface area contributed by atoms with E-state index in [1.54, 1.807) is 14.2 Å². The van der Waals surface area contributed by atoms with Gasteiger partial charge in [0.1, 0.15) is 11.9 Å². The average Bonchev–Trinajstić information content (AvgIpc) is 2.64. The van der Waals surface area contributed by atoms with Gasteiger partial charge in [0.2, 0.25) is 0 Å². The molecule has 25 heavy (non-hydrogen) atoms. The quantitative estimate of drug-likeness (QED) is 0.343. The molecular weight excluding hydrogens is 316 g/mol. The summed E-state index contributed by atoms with van der Waals surface area (Å²) < 4.78 is 11.1. The summed E-state index contributed by atoms with van der Waals surface area (Å²) in [4.78, 5) is 6.56. The molecule has 0 radical (unpaired) electrons. The lowest BCUT2D eigenvalue weighted by atomic mass is 10.2. The van der Waals surface area contributed by atoms with E-state index in [-0.39, 0.29) is 6.10 Å². The van der Waals surface area contributed by atoms with Crippen molar-refractivity contribution in [3.05, 3.63) is 30.3 Å². The van der Waals surface area contributed by atoms with Crippen LogP contribution >= 0.6 is 0 Å². The van der Waals surface area contributed by atoms with E-state index >= 15 is 0 Å². The molecule has 1 rings (SSSR count). The summed E-state index contributed by atoms with van der Waals surface area (Å²) in [6.45, 7) is 6.49. The van der Waals surface area contributed by atoms with Crippen molar-refractivity contribution in [3.8, 4) is 5.75 Å². The van der Waals surface area contributed by atoms with Gasteiger partial charge in [0.25, 0.3) is 0 Å². The lowest BCUT2D eigenvalue weighted by Crippen LogP contribution is -2.44. The predicted molar refractivity (Wildman–Crippen MR) is 105 cm³/mol. The second-order valence-corrected chi connectivity index (χ2v) is 5.99. The van der Waals surface area contributed by atoms with E-state index in [4.69, 9.17) is 9.47 Å². The molecule has 1 atom stereocenters. The molecule has 2 N–H and O–H groups in total. The molecule has 6 nitrogen and oxygen atoms in total. The van der Waals surface area contributed by atoms with Crippen molar-refractivity contribution in [2.45, 2.75) is 25.9 Å². The Hall–Kier alpha value is -1.79. The number of hydrogen-bond acceptors (Lipinski definition) is 4. The van der Waals surface area contributed by atoms with Gasteiger partial charge in [-0.05, 0) is 32.0 Å². The number of likely N-dealkylation sites (N-methyl/N-ethyl adjacent to an activating group) is 1. The molecule has 0 aliphatic rings. The van der Waals surface area contributed by atoms with Gasteiger partial charge in [0, 0.05) is 40.4 Å². The van der Waals surface area contributed by atoms with Crippen LogP contribution in [0, 0.1) is 0 Å². The number of nitrogens with one attached hydrogen (secondary N) is 2. The predicted octanol–water partition coefficient (Wildman–Crippen LogP) is 1.98. The molecule has 0 heterocycles. The summed E-state index contributed by atoms with van der Waals surface area (Å²) in [5.74, 6) is 1.71. The zero-order valence-electron chi connectivity index (χ0n) is 16.1. The highest BCUT2D eigenvalue weighted by Gasteiger charge is 2.09. The lowest BCUT2D eigenvalue weighted by molar-refractivity contribution is 0.180. The van der Waals surface area contributed by atoms with Gasteiger partial charge in [-0.25, -0.2) is 0 Å². The number of guanidine groups is 1. The third-order valence-corrected chi connectivity index (χ3v) is 3.90. The molecular formula is C19H34N4O2. The first kappa shape index (κ1) is 21.3. The Morgan fingerprint density at radius 1 is 1.20 bits per heavy atom. The topological polar surface area (TPSA) is 58.1 Å². The summed E-state index contributed by atoms with van der Waals surface area (Å²) in [7, 11) is 5.65. The van der Waals surface area contributed by atoms with Crippen molar-refractivity contribution in [2.24, 2.45) is 4.99 Å². The highest BCUT2D eigenvalue weighted by atomic mass is 16.5. The van der Waals surface area contributed by atoms with Crippen LogP contribution in [0.15, 0.2) is 35.3 Å². The second kappa shape index (κ2) is 13.5. The van der Waals surface area contributed by atoms with E-state index in [1.807, 2.05) is 30.3 Å². The van der Waals surface area contributed by atoms with Crippen LogP contribution in [0.3, 0.4) is 0 Å². The highest BCUT2D eigenvalue weighted by Crippen LogP contribution is 2.11. The fourth-order valence-corrected chi connectivity index (χ4v) is 2.35. The minimum Gasteiger partial charge on any atom is -0.489 e. The molecule has 1 unspecified atom stereocenters. The van der Waals surface area contributed by atoms with Crippen LogP contribution in [0.25, 0.3) is 0 Å². The van der Waals surface area contributed by atoms with Crippen LogP contribution in [0.2, 0.25) is 0 Å². The molecule has 0 aliphatic carbocycles. The van der Waals surface area contributed by atoms with Crippen molar-refractivity contribution >= 4 is 5.96 Å². The minimum absolute atomic E-state index is 0.109. The lowest BCUT2D eigenvalue weighted by Gasteiger charge is -2.21. The standard InChI is InChI=1S/C19H34N4O2/c1-5-17(25-18-10-7-6-8-11-18)16-22-19(20-2)21-12-14-23(3)13-9-15-24-4/h6-8,10-11,17H,5,9,12-16H2,1-4H3,(H2,20,21,22). The van der Waals surface area contributed by atoms with E-state index in [0.717, 1.165) is 57.3 Å². The molecule has 0 saturated carbocycles. The molecule has 0 aromatic heterocycles. The van der Waals surface area contributed by atoms with Gasteiger partial charge in [-0.3, -0.25) is 4.99 Å². The SMILES string of the molecule is CCC(CNC(=NC)NCCN(C)CCCOC)Oc1ccccc1. The van der Waals surface area contributed by atoms with E-state index in [0.29, 0.717) is 0 Å². The molecule has 0 amide bonds. The van der Waals surface area contributed by atoms with E-state index in [1.165, 1.54) is 0 Å². The molecule has 0 spiro atoms. The molecule has 6 heteroatoms. The van der Waals surface area contributed by atoms with E-state index in [2.05, 4.69) is 34.5 Å². The van der Waals surface area contributed by atoms with Gasteiger partial charge < -0.3 is 25.0 Å². The maximum Gasteiger partial charge on any atom is 0.191 e. The molecule has 142 valence electrons. The first-order valence-electron chi connectivity index (χ1n) is 9.03. The average molecular weight is 351 g/mol. The number of aliphatic imine (C=N–C) groups is 1. The second-order valence-electron chi connectivity index (χ2n) is 5.99. The zero-order valence-corrected chi connectivity index (χ0v) is 16.1. The van der Waals surface area contributed by atoms with Crippen LogP contribution in [-0.4, -0.2) is 71.0 Å². The van der Waals surface area contributed by atoms with E-state index < -0.39 is 0 Å². The largest absolute Gasteiger partial charge is 0.489 e. The molecule has 0 saturated heterocycles. The summed E-state index contributed by atoms with van der Waals surface area (Å²) in [6.07, 6.45) is 2.09. The fourth-order valence-electron chi connectivity index (χ4n) is 2.35. The first-order valence-corrected chi connectivity index (χ1v) is 9.03. The number of methoxy groups -OCH3 is 1. The van der Waals surface area contributed by atoms with Crippen molar-refractivity contribution in [1.29, 1.82) is 0 Å². The van der Waals surface area contributed by atoms with Crippen molar-refractivity contribution in [3.63, 3.8) is 0 Å². The van der Waals surface area contributed by atoms with Crippen LogP contribution in [-0.2, 0) is 4.74 Å². The summed E-state index contributed by atoms with van der Waals surface area (Å²) in [5, 5.41) is 6.69. The number of rotatable bonds is 12. The van der Waals surface area contributed by atoms with Crippen molar-refractivity contribution in [2.75, 3.05) is 54.0 Å². The number of benzene rings is 1. The first-order chi connectivity index (χ1) is 12.2. The maximum absolute atomic E-state index is 5.99. The van der Waals surface area contributed by atoms with Crippen LogP contribution in [0.5, 0.6) is 5.75 Å². The zero-order chi connectivity index (χ0) is 18.3. The smallest absolute Gasteiger partial charge is 0.191 e. The number of nitrogens with zero attached hydrogens (tertiary/aromatic N) is 2. The van der Waals surface area contributed by atoms with Crippen molar-refractivity contribution in [1.82, 2.24) is 15.5 Å². The molecule has 1 aromatic carbocycles. The maximum atomic E-state index is 5.99. The monoisotopic (exact) mass is 350 g/mol. The third kappa shape index (κ3) is 9.94.